The lowest BCUT2D eigenvalue weighted by Gasteiger charge is -2.34. The lowest BCUT2D eigenvalue weighted by Crippen LogP contribution is -2.43. The number of fused-ring (bicyclic) bond motifs is 1. The number of carbonyl (C=O) groups is 1. The highest BCUT2D eigenvalue weighted by molar-refractivity contribution is 14.1. The highest BCUT2D eigenvalue weighted by Crippen LogP contribution is 2.38. The average Bonchev–Trinajstić information content (AvgIpc) is 2.63. The Hall–Kier alpha value is -1.35. The Bertz CT molecular complexity index is 699. The van der Waals surface area contributed by atoms with Gasteiger partial charge < -0.3 is 4.98 Å². The van der Waals surface area contributed by atoms with E-state index in [9.17, 15) is 9.59 Å². The number of aromatic nitrogens is 2. The molecule has 1 aromatic carbocycles. The van der Waals surface area contributed by atoms with E-state index in [4.69, 9.17) is 5.84 Å². The molecule has 1 fully saturated rings. The number of benzene rings is 1. The van der Waals surface area contributed by atoms with Crippen LogP contribution < -0.4 is 17.0 Å². The molecule has 0 atom stereocenters. The van der Waals surface area contributed by atoms with E-state index >= 15 is 0 Å². The molecule has 0 saturated heterocycles. The normalized spacial score (nSPS) is 22.2. The molecule has 6 nitrogen and oxygen atoms in total. The zero-order valence-corrected chi connectivity index (χ0v) is 12.2. The van der Waals surface area contributed by atoms with Gasteiger partial charge in [-0.1, -0.05) is 0 Å². The van der Waals surface area contributed by atoms with Gasteiger partial charge in [-0.15, -0.1) is 0 Å². The van der Waals surface area contributed by atoms with Crippen molar-refractivity contribution in [3.05, 3.63) is 32.3 Å². The second kappa shape index (κ2) is 4.64. The molecule has 1 heterocycles. The Balaban J connectivity index is 1.93. The molecule has 0 radical (unpaired) electrons. The van der Waals surface area contributed by atoms with Gasteiger partial charge in [0.05, 0.1) is 11.0 Å². The van der Waals surface area contributed by atoms with Gasteiger partial charge in [-0.25, -0.2) is 10.6 Å². The maximum absolute atomic E-state index is 12.0. The monoisotopic (exact) mass is 372 g/mol. The first-order chi connectivity index (χ1) is 9.10. The van der Waals surface area contributed by atoms with E-state index in [2.05, 4.69) is 33.0 Å². The molecule has 1 aliphatic rings. The van der Waals surface area contributed by atoms with Crippen LogP contribution in [-0.4, -0.2) is 15.5 Å². The van der Waals surface area contributed by atoms with Crippen LogP contribution in [0.3, 0.4) is 0 Å². The van der Waals surface area contributed by atoms with Crippen molar-refractivity contribution in [3.63, 3.8) is 0 Å². The summed E-state index contributed by atoms with van der Waals surface area (Å²) in [5, 5.41) is 0. The summed E-state index contributed by atoms with van der Waals surface area (Å²) in [6, 6.07) is 5.92. The first kappa shape index (κ1) is 12.7. The van der Waals surface area contributed by atoms with Crippen LogP contribution in [0, 0.1) is 9.49 Å². The number of imidazole rings is 1. The Labute approximate surface area is 122 Å². The quantitative estimate of drug-likeness (QED) is 0.316. The zero-order valence-electron chi connectivity index (χ0n) is 10.0. The SMILES string of the molecule is NNC(=O)[C@H]1C[C@H](n2c(=O)[nH]c3cc(I)ccc32)C1. The van der Waals surface area contributed by atoms with Crippen molar-refractivity contribution in [2.75, 3.05) is 0 Å². The van der Waals surface area contributed by atoms with E-state index in [0.29, 0.717) is 12.8 Å². The highest BCUT2D eigenvalue weighted by atomic mass is 127. The summed E-state index contributed by atoms with van der Waals surface area (Å²) >= 11 is 2.21. The van der Waals surface area contributed by atoms with Gasteiger partial charge in [0, 0.05) is 15.5 Å². The number of H-pyrrole nitrogens is 1. The minimum Gasteiger partial charge on any atom is -0.305 e. The summed E-state index contributed by atoms with van der Waals surface area (Å²) < 4.78 is 2.82. The van der Waals surface area contributed by atoms with Gasteiger partial charge in [0.1, 0.15) is 0 Å². The molecule has 0 spiro atoms. The van der Waals surface area contributed by atoms with Crippen LogP contribution in [0.2, 0.25) is 0 Å². The number of rotatable bonds is 2. The van der Waals surface area contributed by atoms with Gasteiger partial charge in [-0.2, -0.15) is 0 Å². The van der Waals surface area contributed by atoms with Crippen LogP contribution in [-0.2, 0) is 4.79 Å². The Morgan fingerprint density at radius 1 is 1.47 bits per heavy atom. The predicted molar refractivity (Wildman–Crippen MR) is 79.4 cm³/mol. The number of hydrogen-bond donors (Lipinski definition) is 3. The summed E-state index contributed by atoms with van der Waals surface area (Å²) in [4.78, 5) is 26.2. The standard InChI is InChI=1S/C12H13IN4O2/c13-7-1-2-10-9(5-7)15-12(19)17(10)8-3-6(4-8)11(18)16-14/h1-2,5-6,8H,3-4,14H2,(H,15,19)(H,16,18)/t6-,8-. The molecule has 3 rings (SSSR count). The highest BCUT2D eigenvalue weighted by Gasteiger charge is 2.36. The molecule has 0 aliphatic heterocycles. The molecule has 7 heteroatoms. The van der Waals surface area contributed by atoms with Crippen LogP contribution in [0.5, 0.6) is 0 Å². The zero-order chi connectivity index (χ0) is 13.6. The summed E-state index contributed by atoms with van der Waals surface area (Å²) in [5.74, 6) is 4.87. The maximum atomic E-state index is 12.0. The van der Waals surface area contributed by atoms with Crippen molar-refractivity contribution in [1.29, 1.82) is 0 Å². The number of hydrazine groups is 1. The molecule has 1 saturated carbocycles. The van der Waals surface area contributed by atoms with Gasteiger partial charge in [0.15, 0.2) is 0 Å². The molecule has 0 unspecified atom stereocenters. The van der Waals surface area contributed by atoms with E-state index in [1.807, 2.05) is 18.2 Å². The molecule has 1 amide bonds. The number of amides is 1. The van der Waals surface area contributed by atoms with Gasteiger partial charge in [-0.3, -0.25) is 14.8 Å². The third-order valence-electron chi connectivity index (χ3n) is 3.67. The summed E-state index contributed by atoms with van der Waals surface area (Å²) in [6.45, 7) is 0. The Kier molecular flexibility index (Phi) is 3.09. The number of nitrogens with one attached hydrogen (secondary N) is 2. The topological polar surface area (TPSA) is 92.9 Å². The van der Waals surface area contributed by atoms with Crippen molar-refractivity contribution in [2.45, 2.75) is 18.9 Å². The molecular formula is C12H13IN4O2. The lowest BCUT2D eigenvalue weighted by atomic mass is 9.79. The largest absolute Gasteiger partial charge is 0.326 e. The molecule has 2 aromatic rings. The number of aromatic amines is 1. The van der Waals surface area contributed by atoms with E-state index in [0.717, 1.165) is 14.6 Å². The molecule has 19 heavy (non-hydrogen) atoms. The van der Waals surface area contributed by atoms with Crippen molar-refractivity contribution in [3.8, 4) is 0 Å². The van der Waals surface area contributed by atoms with Crippen LogP contribution in [0.15, 0.2) is 23.0 Å². The smallest absolute Gasteiger partial charge is 0.305 e. The van der Waals surface area contributed by atoms with E-state index < -0.39 is 0 Å². The summed E-state index contributed by atoms with van der Waals surface area (Å²) in [5.41, 5.74) is 3.77. The number of halogens is 1. The second-order valence-corrected chi connectivity index (χ2v) is 6.04. The van der Waals surface area contributed by atoms with Crippen molar-refractivity contribution in [2.24, 2.45) is 11.8 Å². The molecule has 4 N–H and O–H groups in total. The fourth-order valence-electron chi connectivity index (χ4n) is 2.60. The van der Waals surface area contributed by atoms with Crippen LogP contribution in [0.25, 0.3) is 11.0 Å². The minimum atomic E-state index is -0.154. The van der Waals surface area contributed by atoms with Gasteiger partial charge in [0.25, 0.3) is 0 Å². The molecule has 0 bridgehead atoms. The van der Waals surface area contributed by atoms with Crippen LogP contribution in [0.4, 0.5) is 0 Å². The van der Waals surface area contributed by atoms with E-state index in [1.54, 1.807) is 4.57 Å². The second-order valence-electron chi connectivity index (χ2n) is 4.79. The minimum absolute atomic E-state index is 0.0728. The molecule has 1 aliphatic carbocycles. The fraction of sp³-hybridized carbons (Fsp3) is 0.333. The first-order valence-electron chi connectivity index (χ1n) is 6.00. The third-order valence-corrected chi connectivity index (χ3v) is 4.34. The van der Waals surface area contributed by atoms with E-state index in [1.165, 1.54) is 0 Å². The first-order valence-corrected chi connectivity index (χ1v) is 7.08. The predicted octanol–water partition coefficient (Wildman–Crippen LogP) is 0.875. The molecular weight excluding hydrogens is 359 g/mol. The molecule has 100 valence electrons. The summed E-state index contributed by atoms with van der Waals surface area (Å²) in [6.07, 6.45) is 1.31. The van der Waals surface area contributed by atoms with Crippen molar-refractivity contribution >= 4 is 39.5 Å². The maximum Gasteiger partial charge on any atom is 0.326 e. The van der Waals surface area contributed by atoms with Crippen LogP contribution in [0.1, 0.15) is 18.9 Å². The van der Waals surface area contributed by atoms with Crippen molar-refractivity contribution < 1.29 is 4.79 Å². The number of hydrogen-bond acceptors (Lipinski definition) is 3. The average molecular weight is 372 g/mol. The number of nitrogens with zero attached hydrogens (tertiary/aromatic N) is 1. The van der Waals surface area contributed by atoms with E-state index in [-0.39, 0.29) is 23.6 Å². The van der Waals surface area contributed by atoms with Crippen molar-refractivity contribution in [1.82, 2.24) is 15.0 Å². The molecule has 1 aromatic heterocycles. The van der Waals surface area contributed by atoms with Gasteiger partial charge in [-0.05, 0) is 53.6 Å². The van der Waals surface area contributed by atoms with Gasteiger partial charge in [0.2, 0.25) is 5.91 Å². The Morgan fingerprint density at radius 2 is 2.21 bits per heavy atom. The number of carbonyl (C=O) groups excluding carboxylic acids is 1. The van der Waals surface area contributed by atoms with Gasteiger partial charge >= 0.3 is 5.69 Å². The fourth-order valence-corrected chi connectivity index (χ4v) is 3.09. The van der Waals surface area contributed by atoms with Crippen LogP contribution >= 0.6 is 22.6 Å². The summed E-state index contributed by atoms with van der Waals surface area (Å²) in [7, 11) is 0. The Morgan fingerprint density at radius 3 is 2.89 bits per heavy atom. The lowest BCUT2D eigenvalue weighted by molar-refractivity contribution is -0.128. The third kappa shape index (κ3) is 2.06. The number of nitrogens with two attached hydrogens (primary N) is 1.